The van der Waals surface area contributed by atoms with Gasteiger partial charge in [-0.05, 0) is 56.0 Å². The topological polar surface area (TPSA) is 44.6 Å². The van der Waals surface area contributed by atoms with E-state index in [9.17, 15) is 4.79 Å². The maximum absolute atomic E-state index is 13.6. The number of carbonyl (C=O) groups excluding carboxylic acids is 1. The van der Waals surface area contributed by atoms with Crippen molar-refractivity contribution in [3.05, 3.63) is 58.4 Å². The van der Waals surface area contributed by atoms with Gasteiger partial charge in [0.15, 0.2) is 5.82 Å². The van der Waals surface area contributed by atoms with Crippen LogP contribution in [-0.4, -0.2) is 65.0 Å². The van der Waals surface area contributed by atoms with Crippen molar-refractivity contribution in [2.45, 2.75) is 47.2 Å². The number of piperazine rings is 1. The Hall–Kier alpha value is -2.57. The van der Waals surface area contributed by atoms with Crippen molar-refractivity contribution >= 4 is 35.0 Å². The van der Waals surface area contributed by atoms with Gasteiger partial charge >= 0.3 is 0 Å². The molecular formula is C28H38ClN5O. The minimum absolute atomic E-state index is 0. The maximum atomic E-state index is 13.6. The fraction of sp³-hybridized carbons (Fsp3) is 0.500. The minimum atomic E-state index is 0. The third kappa shape index (κ3) is 4.78. The molecule has 0 radical (unpaired) electrons. The Kier molecular flexibility index (Phi) is 7.43. The Labute approximate surface area is 215 Å². The van der Waals surface area contributed by atoms with Crippen LogP contribution in [0.2, 0.25) is 0 Å². The molecule has 3 aromatic rings. The largest absolute Gasteiger partial charge is 0.350 e. The highest BCUT2D eigenvalue weighted by molar-refractivity contribution is 6.01. The number of rotatable bonds is 4. The number of halogens is 1. The van der Waals surface area contributed by atoms with E-state index in [0.29, 0.717) is 11.6 Å². The molecule has 7 heteroatoms. The second kappa shape index (κ2) is 10.2. The summed E-state index contributed by atoms with van der Waals surface area (Å²) >= 11 is 0. The second-order valence-electron chi connectivity index (χ2n) is 10.5. The van der Waals surface area contributed by atoms with Gasteiger partial charge in [0.2, 0.25) is 0 Å². The Balaban J connectivity index is 0.00000289. The van der Waals surface area contributed by atoms with Gasteiger partial charge in [0.1, 0.15) is 5.69 Å². The quantitative estimate of drug-likeness (QED) is 0.527. The molecule has 5 rings (SSSR count). The highest BCUT2D eigenvalue weighted by atomic mass is 35.5. The van der Waals surface area contributed by atoms with Crippen LogP contribution < -0.4 is 4.90 Å². The van der Waals surface area contributed by atoms with E-state index >= 15 is 0 Å². The van der Waals surface area contributed by atoms with Crippen molar-refractivity contribution in [1.82, 2.24) is 19.4 Å². The van der Waals surface area contributed by atoms with Gasteiger partial charge in [-0.1, -0.05) is 38.1 Å². The molecule has 0 N–H and O–H groups in total. The van der Waals surface area contributed by atoms with E-state index in [1.165, 1.54) is 33.3 Å². The number of pyridine rings is 1. The number of carbonyl (C=O) groups is 1. The molecule has 0 atom stereocenters. The summed E-state index contributed by atoms with van der Waals surface area (Å²) in [5.41, 5.74) is 7.06. The van der Waals surface area contributed by atoms with E-state index in [4.69, 9.17) is 4.98 Å². The summed E-state index contributed by atoms with van der Waals surface area (Å²) < 4.78 is 2.43. The lowest BCUT2D eigenvalue weighted by Gasteiger charge is -2.33. The molecule has 4 heterocycles. The minimum Gasteiger partial charge on any atom is -0.350 e. The van der Waals surface area contributed by atoms with E-state index in [-0.39, 0.29) is 18.3 Å². The third-order valence-corrected chi connectivity index (χ3v) is 7.58. The summed E-state index contributed by atoms with van der Waals surface area (Å²) in [4.78, 5) is 25.3. The lowest BCUT2D eigenvalue weighted by atomic mass is 9.99. The summed E-state index contributed by atoms with van der Waals surface area (Å²) in [6.07, 6.45) is 0.999. The molecule has 0 unspecified atom stereocenters. The molecule has 0 bridgehead atoms. The molecule has 188 valence electrons. The summed E-state index contributed by atoms with van der Waals surface area (Å²) in [5, 5.41) is 1.17. The van der Waals surface area contributed by atoms with Crippen LogP contribution in [0.4, 0.5) is 5.82 Å². The molecule has 35 heavy (non-hydrogen) atoms. The molecule has 0 spiro atoms. The predicted molar refractivity (Wildman–Crippen MR) is 146 cm³/mol. The van der Waals surface area contributed by atoms with Crippen LogP contribution in [0.5, 0.6) is 0 Å². The normalized spacial score (nSPS) is 16.5. The van der Waals surface area contributed by atoms with E-state index in [2.05, 4.69) is 79.4 Å². The van der Waals surface area contributed by atoms with Gasteiger partial charge in [-0.15, -0.1) is 12.4 Å². The average Bonchev–Trinajstić information content (AvgIpc) is 3.07. The van der Waals surface area contributed by atoms with Gasteiger partial charge in [-0.2, -0.15) is 0 Å². The molecule has 1 fully saturated rings. The third-order valence-electron chi connectivity index (χ3n) is 7.58. The van der Waals surface area contributed by atoms with Crippen LogP contribution in [0, 0.1) is 19.8 Å². The zero-order valence-corrected chi connectivity index (χ0v) is 22.5. The summed E-state index contributed by atoms with van der Waals surface area (Å²) in [7, 11) is 2.11. The van der Waals surface area contributed by atoms with Crippen LogP contribution in [0.25, 0.3) is 10.9 Å². The zero-order chi connectivity index (χ0) is 24.0. The maximum Gasteiger partial charge on any atom is 0.272 e. The molecule has 2 aliphatic heterocycles. The van der Waals surface area contributed by atoms with Crippen molar-refractivity contribution in [2.75, 3.05) is 44.7 Å². The first-order valence-corrected chi connectivity index (χ1v) is 12.6. The van der Waals surface area contributed by atoms with Gasteiger partial charge in [-0.3, -0.25) is 4.79 Å². The van der Waals surface area contributed by atoms with Crippen molar-refractivity contribution in [3.8, 4) is 0 Å². The van der Waals surface area contributed by atoms with Crippen molar-refractivity contribution in [1.29, 1.82) is 0 Å². The molecule has 1 aromatic carbocycles. The first-order valence-electron chi connectivity index (χ1n) is 12.6. The number of likely N-dealkylation sites (N-methyl/N-ethyl adjacent to an activating group) is 1. The number of hydrogen-bond acceptors (Lipinski definition) is 4. The molecule has 0 aliphatic carbocycles. The molecule has 6 nitrogen and oxygen atoms in total. The predicted octanol–water partition coefficient (Wildman–Crippen LogP) is 4.68. The average molecular weight is 496 g/mol. The summed E-state index contributed by atoms with van der Waals surface area (Å²) in [5.74, 6) is 1.54. The smallest absolute Gasteiger partial charge is 0.272 e. The second-order valence-corrected chi connectivity index (χ2v) is 10.5. The van der Waals surface area contributed by atoms with Crippen molar-refractivity contribution < 1.29 is 4.79 Å². The first kappa shape index (κ1) is 25.5. The molecule has 2 aromatic heterocycles. The van der Waals surface area contributed by atoms with Gasteiger partial charge in [0, 0.05) is 56.9 Å². The molecule has 0 saturated carbocycles. The first-order chi connectivity index (χ1) is 16.3. The number of fused-ring (bicyclic) bond motifs is 2. The number of aromatic nitrogens is 2. The van der Waals surface area contributed by atoms with Crippen LogP contribution in [0.15, 0.2) is 30.3 Å². The van der Waals surface area contributed by atoms with Crippen LogP contribution in [0.3, 0.4) is 0 Å². The Morgan fingerprint density at radius 3 is 2.40 bits per heavy atom. The number of hydrogen-bond donors (Lipinski definition) is 0. The highest BCUT2D eigenvalue weighted by Crippen LogP contribution is 2.35. The highest BCUT2D eigenvalue weighted by Gasteiger charge is 2.28. The molecule has 1 amide bonds. The molecule has 2 aliphatic rings. The number of amides is 1. The van der Waals surface area contributed by atoms with Gasteiger partial charge in [-0.25, -0.2) is 4.98 Å². The number of anilines is 1. The fourth-order valence-electron chi connectivity index (χ4n) is 5.41. The molecule has 1 saturated heterocycles. The van der Waals surface area contributed by atoms with E-state index in [1.807, 2.05) is 4.90 Å². The summed E-state index contributed by atoms with van der Waals surface area (Å²) in [6, 6.07) is 10.8. The SMILES string of the molecule is Cc1c(C)n(CC(C)C)c2c(N3CCc4ccccc4C3)nc(C(=O)N3CCN(C)CC3)cc12.Cl. The van der Waals surface area contributed by atoms with Gasteiger partial charge in [0.05, 0.1) is 5.52 Å². The Morgan fingerprint density at radius 2 is 1.71 bits per heavy atom. The van der Waals surface area contributed by atoms with Crippen LogP contribution >= 0.6 is 12.4 Å². The van der Waals surface area contributed by atoms with Crippen LogP contribution in [-0.2, 0) is 19.5 Å². The van der Waals surface area contributed by atoms with E-state index < -0.39 is 0 Å². The van der Waals surface area contributed by atoms with Crippen molar-refractivity contribution in [2.24, 2.45) is 5.92 Å². The zero-order valence-electron chi connectivity index (χ0n) is 21.7. The lowest BCUT2D eigenvalue weighted by Crippen LogP contribution is -2.47. The van der Waals surface area contributed by atoms with Gasteiger partial charge in [0.25, 0.3) is 5.91 Å². The Morgan fingerprint density at radius 1 is 1.03 bits per heavy atom. The monoisotopic (exact) mass is 495 g/mol. The Bertz CT molecular complexity index is 1230. The van der Waals surface area contributed by atoms with Gasteiger partial charge < -0.3 is 19.3 Å². The van der Waals surface area contributed by atoms with E-state index in [1.54, 1.807) is 0 Å². The van der Waals surface area contributed by atoms with E-state index in [0.717, 1.165) is 58.1 Å². The fourth-order valence-corrected chi connectivity index (χ4v) is 5.41. The number of nitrogens with zero attached hydrogens (tertiary/aromatic N) is 5. The number of aryl methyl sites for hydroxylation is 1. The van der Waals surface area contributed by atoms with Crippen molar-refractivity contribution in [3.63, 3.8) is 0 Å². The van der Waals surface area contributed by atoms with Crippen LogP contribution in [0.1, 0.15) is 46.7 Å². The number of benzene rings is 1. The lowest BCUT2D eigenvalue weighted by molar-refractivity contribution is 0.0658. The summed E-state index contributed by atoms with van der Waals surface area (Å²) in [6.45, 7) is 14.9. The molecular weight excluding hydrogens is 458 g/mol. The standard InChI is InChI=1S/C28H37N5O.ClH/c1-19(2)17-33-21(4)20(3)24-16-25(28(34)31-14-12-30(5)13-15-31)29-27(26(24)33)32-11-10-22-8-6-7-9-23(22)18-32;/h6-9,16,19H,10-15,17-18H2,1-5H3;1H.